The number of pyridine rings is 1. The zero-order chi connectivity index (χ0) is 12.0. The van der Waals surface area contributed by atoms with Gasteiger partial charge in [-0.3, -0.25) is 4.21 Å². The summed E-state index contributed by atoms with van der Waals surface area (Å²) in [6.45, 7) is 0. The molecule has 92 valence electrons. The summed E-state index contributed by atoms with van der Waals surface area (Å²) in [7, 11) is -0.848. The van der Waals surface area contributed by atoms with Crippen LogP contribution in [0.25, 0.3) is 0 Å². The Hall–Kier alpha value is -0.810. The van der Waals surface area contributed by atoms with Crippen LogP contribution in [-0.2, 0) is 16.4 Å². The van der Waals surface area contributed by atoms with Gasteiger partial charge in [-0.05, 0) is 31.7 Å². The Morgan fingerprint density at radius 3 is 2.65 bits per heavy atom. The first-order valence-corrected chi connectivity index (χ1v) is 7.10. The second-order valence-electron chi connectivity index (χ2n) is 4.93. The van der Waals surface area contributed by atoms with Crippen molar-refractivity contribution >= 4 is 10.8 Å². The summed E-state index contributed by atoms with van der Waals surface area (Å²) in [6.07, 6.45) is 3.90. The van der Waals surface area contributed by atoms with E-state index in [-0.39, 0.29) is 16.1 Å². The first-order chi connectivity index (χ1) is 8.10. The van der Waals surface area contributed by atoms with Crippen molar-refractivity contribution in [3.8, 4) is 0 Å². The molecule has 2 unspecified atom stereocenters. The third kappa shape index (κ3) is 1.72. The van der Waals surface area contributed by atoms with Crippen molar-refractivity contribution in [1.29, 1.82) is 0 Å². The van der Waals surface area contributed by atoms with Gasteiger partial charge < -0.3 is 5.11 Å². The molecule has 2 fully saturated rings. The van der Waals surface area contributed by atoms with E-state index in [0.29, 0.717) is 12.8 Å². The van der Waals surface area contributed by atoms with E-state index in [1.165, 1.54) is 6.20 Å². The Morgan fingerprint density at radius 1 is 1.41 bits per heavy atom. The maximum Gasteiger partial charge on any atom is 0.218 e. The highest BCUT2D eigenvalue weighted by Crippen LogP contribution is 2.46. The second-order valence-corrected chi connectivity index (χ2v) is 6.92. The molecule has 3 nitrogen and oxygen atoms in total. The van der Waals surface area contributed by atoms with E-state index in [2.05, 4.69) is 4.98 Å². The van der Waals surface area contributed by atoms with Gasteiger partial charge in [0.25, 0.3) is 0 Å². The second kappa shape index (κ2) is 3.85. The highest BCUT2D eigenvalue weighted by molar-refractivity contribution is 7.86. The van der Waals surface area contributed by atoms with E-state index >= 15 is 0 Å². The number of aromatic nitrogens is 1. The van der Waals surface area contributed by atoms with Crippen LogP contribution in [-0.4, -0.2) is 24.8 Å². The molecular weight excluding hydrogens is 241 g/mol. The topological polar surface area (TPSA) is 50.2 Å². The van der Waals surface area contributed by atoms with E-state index < -0.39 is 22.3 Å². The molecule has 0 aromatic carbocycles. The molecule has 2 saturated heterocycles. The summed E-state index contributed by atoms with van der Waals surface area (Å²) in [4.78, 5) is 3.59. The van der Waals surface area contributed by atoms with Gasteiger partial charge in [0.1, 0.15) is 0 Å². The summed E-state index contributed by atoms with van der Waals surface area (Å²) in [5.74, 6) is -0.609. The Labute approximate surface area is 102 Å². The number of aliphatic hydroxyl groups is 1. The molecule has 0 saturated carbocycles. The van der Waals surface area contributed by atoms with Crippen molar-refractivity contribution in [2.45, 2.75) is 41.8 Å². The molecule has 1 aromatic rings. The van der Waals surface area contributed by atoms with Crippen LogP contribution < -0.4 is 0 Å². The number of rotatable bonds is 1. The monoisotopic (exact) mass is 255 g/mol. The van der Waals surface area contributed by atoms with Gasteiger partial charge in [-0.25, -0.2) is 4.98 Å². The summed E-state index contributed by atoms with van der Waals surface area (Å²) in [6, 6.07) is 3.21. The van der Waals surface area contributed by atoms with Crippen LogP contribution in [0.5, 0.6) is 0 Å². The van der Waals surface area contributed by atoms with Gasteiger partial charge in [-0.2, -0.15) is 4.39 Å². The lowest BCUT2D eigenvalue weighted by molar-refractivity contribution is 0.0143. The number of halogens is 1. The van der Waals surface area contributed by atoms with Gasteiger partial charge in [-0.15, -0.1) is 0 Å². The fraction of sp³-hybridized carbons (Fsp3) is 0.583. The maximum atomic E-state index is 13.6. The maximum absolute atomic E-state index is 13.6. The normalized spacial score (nSPS) is 40.5. The number of fused-ring (bicyclic) bond motifs is 2. The smallest absolute Gasteiger partial charge is 0.218 e. The Bertz CT molecular complexity index is 463. The van der Waals surface area contributed by atoms with Crippen molar-refractivity contribution in [2.75, 3.05) is 0 Å². The number of hydrogen-bond acceptors (Lipinski definition) is 3. The molecule has 2 bridgehead atoms. The van der Waals surface area contributed by atoms with Crippen molar-refractivity contribution in [1.82, 2.24) is 4.98 Å². The van der Waals surface area contributed by atoms with E-state index in [1.807, 2.05) is 0 Å². The lowest BCUT2D eigenvalue weighted by atomic mass is 9.86. The quantitative estimate of drug-likeness (QED) is 0.773. The van der Waals surface area contributed by atoms with Gasteiger partial charge in [0.2, 0.25) is 5.95 Å². The molecule has 17 heavy (non-hydrogen) atoms. The minimum Gasteiger partial charge on any atom is -0.385 e. The molecule has 2 atom stereocenters. The largest absolute Gasteiger partial charge is 0.385 e. The molecule has 0 aliphatic carbocycles. The molecule has 2 aliphatic rings. The van der Waals surface area contributed by atoms with Crippen molar-refractivity contribution in [2.24, 2.45) is 0 Å². The van der Waals surface area contributed by atoms with Crippen LogP contribution in [0.4, 0.5) is 4.39 Å². The average molecular weight is 255 g/mol. The van der Waals surface area contributed by atoms with Crippen LogP contribution in [0.1, 0.15) is 31.2 Å². The minimum absolute atomic E-state index is 0.0124. The fourth-order valence-electron chi connectivity index (χ4n) is 3.03. The molecular formula is C12H14FNO2S. The van der Waals surface area contributed by atoms with Gasteiger partial charge in [0, 0.05) is 33.1 Å². The third-order valence-corrected chi connectivity index (χ3v) is 5.98. The van der Waals surface area contributed by atoms with Gasteiger partial charge >= 0.3 is 0 Å². The molecule has 0 spiro atoms. The fourth-order valence-corrected chi connectivity index (χ4v) is 5.20. The van der Waals surface area contributed by atoms with E-state index in [1.54, 1.807) is 12.1 Å². The number of hydrogen-bond donors (Lipinski definition) is 1. The van der Waals surface area contributed by atoms with Gasteiger partial charge in [0.15, 0.2) is 0 Å². The first-order valence-electron chi connectivity index (χ1n) is 5.83. The minimum atomic E-state index is -1.18. The highest BCUT2D eigenvalue weighted by atomic mass is 32.2. The lowest BCUT2D eigenvalue weighted by Gasteiger charge is -2.36. The van der Waals surface area contributed by atoms with E-state index in [0.717, 1.165) is 12.8 Å². The van der Waals surface area contributed by atoms with Crippen LogP contribution >= 0.6 is 0 Å². The Balaban J connectivity index is 1.98. The van der Waals surface area contributed by atoms with E-state index in [9.17, 15) is 13.7 Å². The summed E-state index contributed by atoms with van der Waals surface area (Å²) >= 11 is 0. The highest BCUT2D eigenvalue weighted by Gasteiger charge is 2.49. The van der Waals surface area contributed by atoms with Crippen LogP contribution in [0.2, 0.25) is 0 Å². The summed E-state index contributed by atoms with van der Waals surface area (Å²) in [5.41, 5.74) is -0.924. The zero-order valence-electron chi connectivity index (χ0n) is 9.30. The van der Waals surface area contributed by atoms with Crippen LogP contribution in [0, 0.1) is 5.95 Å². The SMILES string of the molecule is O=S1C2CCC1CC(O)(c1cccnc1F)C2. The van der Waals surface area contributed by atoms with Crippen LogP contribution in [0.3, 0.4) is 0 Å². The predicted octanol–water partition coefficient (Wildman–Crippen LogP) is 1.48. The Kier molecular flexibility index (Phi) is 2.56. The summed E-state index contributed by atoms with van der Waals surface area (Å²) < 4.78 is 25.5. The molecule has 3 heterocycles. The van der Waals surface area contributed by atoms with Gasteiger partial charge in [-0.1, -0.05) is 6.07 Å². The molecule has 0 amide bonds. The molecule has 0 radical (unpaired) electrons. The lowest BCUT2D eigenvalue weighted by Crippen LogP contribution is -2.41. The molecule has 3 rings (SSSR count). The molecule has 2 aliphatic heterocycles. The first kappa shape index (κ1) is 11.3. The zero-order valence-corrected chi connectivity index (χ0v) is 10.1. The van der Waals surface area contributed by atoms with Gasteiger partial charge in [0.05, 0.1) is 5.60 Å². The third-order valence-electron chi connectivity index (χ3n) is 3.86. The summed E-state index contributed by atoms with van der Waals surface area (Å²) in [5, 5.41) is 10.6. The standard InChI is InChI=1S/C12H14FNO2S/c13-11-10(2-1-5-14-11)12(15)6-8-3-4-9(7-12)17(8)16/h1-2,5,8-9,15H,3-4,6-7H2. The Morgan fingerprint density at radius 2 is 2.06 bits per heavy atom. The number of nitrogens with zero attached hydrogens (tertiary/aromatic N) is 1. The van der Waals surface area contributed by atoms with Crippen molar-refractivity contribution < 1.29 is 13.7 Å². The molecule has 1 N–H and O–H groups in total. The van der Waals surface area contributed by atoms with Crippen molar-refractivity contribution in [3.05, 3.63) is 29.8 Å². The molecule has 5 heteroatoms. The molecule has 1 aromatic heterocycles. The van der Waals surface area contributed by atoms with Crippen LogP contribution in [0.15, 0.2) is 18.3 Å². The predicted molar refractivity (Wildman–Crippen MR) is 62.3 cm³/mol. The van der Waals surface area contributed by atoms with E-state index in [4.69, 9.17) is 0 Å². The van der Waals surface area contributed by atoms with Crippen molar-refractivity contribution in [3.63, 3.8) is 0 Å². The average Bonchev–Trinajstić information content (AvgIpc) is 2.53.